The Balaban J connectivity index is 0.00000544. The molecule has 0 unspecified atom stereocenters. The summed E-state index contributed by atoms with van der Waals surface area (Å²) in [5, 5.41) is 3.86. The van der Waals surface area contributed by atoms with Gasteiger partial charge in [0, 0.05) is 45.5 Å². The molecule has 4 nitrogen and oxygen atoms in total. The van der Waals surface area contributed by atoms with Crippen molar-refractivity contribution in [2.75, 3.05) is 46.8 Å². The Morgan fingerprint density at radius 3 is 1.85 bits per heavy atom. The molecule has 1 aromatic carbocycles. The van der Waals surface area contributed by atoms with Gasteiger partial charge in [0.1, 0.15) is 0 Å². The van der Waals surface area contributed by atoms with Gasteiger partial charge < -0.3 is 21.5 Å². The molecule has 0 aliphatic carbocycles. The summed E-state index contributed by atoms with van der Waals surface area (Å²) in [5.74, 6) is 0.110. The first-order valence-corrected chi connectivity index (χ1v) is 13.5. The molecule has 190 valence electrons. The van der Waals surface area contributed by atoms with Crippen LogP contribution < -0.4 is 17.0 Å². The number of nitrogens with zero attached hydrogens (tertiary/aromatic N) is 3. The van der Waals surface area contributed by atoms with Crippen LogP contribution in [0.3, 0.4) is 0 Å². The number of hydrogen-bond donors (Lipinski definition) is 0. The van der Waals surface area contributed by atoms with Crippen LogP contribution in [0.5, 0.6) is 0 Å². The Hall–Kier alpha value is -0.910. The number of benzene rings is 1. The maximum absolute atomic E-state index is 12.9. The van der Waals surface area contributed by atoms with Gasteiger partial charge in [-0.25, -0.2) is 5.01 Å². The van der Waals surface area contributed by atoms with E-state index in [9.17, 15) is 4.79 Å². The third kappa shape index (κ3) is 11.4. The number of hydrogen-bond acceptors (Lipinski definition) is 2. The van der Waals surface area contributed by atoms with Gasteiger partial charge in [-0.05, 0) is 25.0 Å². The van der Waals surface area contributed by atoms with E-state index in [0.717, 1.165) is 18.5 Å². The average Bonchev–Trinajstić information content (AvgIpc) is 3.27. The highest BCUT2D eigenvalue weighted by Crippen LogP contribution is 2.22. The standard InChI is InChI=1S/C28H50N3O.BrH/c1-4-5-6-7-8-9-10-11-12-16-23-31(24-17-18-25-31)26-19-22-30(29(2)3)28(32)27-20-14-13-15-21-27;/h13-15,20-21H,4-12,16-19,22-26H2,1-3H3;1H/q+1;/p-1. The minimum atomic E-state index is 0. The number of unbranched alkanes of at least 4 members (excludes halogenated alkanes) is 9. The molecule has 2 rings (SSSR count). The van der Waals surface area contributed by atoms with E-state index >= 15 is 0 Å². The molecular formula is C28H50BrN3O. The predicted octanol–water partition coefficient (Wildman–Crippen LogP) is 3.53. The van der Waals surface area contributed by atoms with Crippen LogP contribution in [0, 0.1) is 0 Å². The van der Waals surface area contributed by atoms with E-state index in [4.69, 9.17) is 0 Å². The summed E-state index contributed by atoms with van der Waals surface area (Å²) in [6.07, 6.45) is 17.9. The van der Waals surface area contributed by atoms with Crippen molar-refractivity contribution >= 4 is 5.91 Å². The molecule has 0 atom stereocenters. The molecule has 1 amide bonds. The SMILES string of the molecule is CCCCCCCCCCCC[N+]1(CCCN(C(=O)c2ccccc2)N(C)C)CCCC1.[Br-]. The lowest BCUT2D eigenvalue weighted by Gasteiger charge is -2.36. The number of amides is 1. The summed E-state index contributed by atoms with van der Waals surface area (Å²) in [5.41, 5.74) is 0.775. The second-order valence-corrected chi connectivity index (χ2v) is 10.1. The number of carbonyl (C=O) groups excluding carboxylic acids is 1. The number of hydrazine groups is 1. The highest BCUT2D eigenvalue weighted by atomic mass is 79.9. The lowest BCUT2D eigenvalue weighted by Crippen LogP contribution is -3.00. The minimum Gasteiger partial charge on any atom is -1.00 e. The van der Waals surface area contributed by atoms with Gasteiger partial charge in [0.2, 0.25) is 0 Å². The second-order valence-electron chi connectivity index (χ2n) is 10.1. The van der Waals surface area contributed by atoms with E-state index in [1.807, 2.05) is 54.4 Å². The third-order valence-corrected chi connectivity index (χ3v) is 7.24. The van der Waals surface area contributed by atoms with Gasteiger partial charge >= 0.3 is 0 Å². The largest absolute Gasteiger partial charge is 1.00 e. The molecule has 33 heavy (non-hydrogen) atoms. The molecule has 0 aromatic heterocycles. The Bertz CT molecular complexity index is 617. The summed E-state index contributed by atoms with van der Waals surface area (Å²) in [4.78, 5) is 12.9. The maximum atomic E-state index is 12.9. The summed E-state index contributed by atoms with van der Waals surface area (Å²) in [6.45, 7) is 8.32. The Morgan fingerprint density at radius 1 is 0.788 bits per heavy atom. The zero-order valence-corrected chi connectivity index (χ0v) is 23.3. The van der Waals surface area contributed by atoms with Crippen molar-refractivity contribution in [3.8, 4) is 0 Å². The zero-order chi connectivity index (χ0) is 23.1. The molecule has 1 aromatic rings. The van der Waals surface area contributed by atoms with Crippen LogP contribution in [0.4, 0.5) is 0 Å². The fourth-order valence-electron chi connectivity index (χ4n) is 5.27. The van der Waals surface area contributed by atoms with Crippen molar-refractivity contribution in [3.05, 3.63) is 35.9 Å². The summed E-state index contributed by atoms with van der Waals surface area (Å²) >= 11 is 0. The van der Waals surface area contributed by atoms with E-state index in [1.54, 1.807) is 0 Å². The zero-order valence-electron chi connectivity index (χ0n) is 21.7. The number of carbonyl (C=O) groups is 1. The van der Waals surface area contributed by atoms with Crippen LogP contribution >= 0.6 is 0 Å². The topological polar surface area (TPSA) is 23.6 Å². The second kappa shape index (κ2) is 17.5. The molecule has 0 saturated carbocycles. The number of halogens is 1. The van der Waals surface area contributed by atoms with Gasteiger partial charge in [-0.3, -0.25) is 9.80 Å². The van der Waals surface area contributed by atoms with Gasteiger partial charge in [-0.1, -0.05) is 76.5 Å². The Labute approximate surface area is 215 Å². The molecule has 0 N–H and O–H groups in total. The van der Waals surface area contributed by atoms with Crippen LogP contribution in [0.2, 0.25) is 0 Å². The fraction of sp³-hybridized carbons (Fsp3) is 0.750. The molecule has 1 heterocycles. The molecule has 0 radical (unpaired) electrons. The minimum absolute atomic E-state index is 0. The van der Waals surface area contributed by atoms with Crippen molar-refractivity contribution in [3.63, 3.8) is 0 Å². The van der Waals surface area contributed by atoms with Gasteiger partial charge in [0.15, 0.2) is 0 Å². The summed E-state index contributed by atoms with van der Waals surface area (Å²) in [7, 11) is 3.95. The van der Waals surface area contributed by atoms with Crippen LogP contribution in [0.15, 0.2) is 30.3 Å². The average molecular weight is 525 g/mol. The van der Waals surface area contributed by atoms with E-state index in [0.29, 0.717) is 0 Å². The van der Waals surface area contributed by atoms with E-state index in [2.05, 4.69) is 6.92 Å². The van der Waals surface area contributed by atoms with E-state index < -0.39 is 0 Å². The smallest absolute Gasteiger partial charge is 0.268 e. The van der Waals surface area contributed by atoms with Gasteiger partial charge in [0.25, 0.3) is 5.91 Å². The number of rotatable bonds is 17. The molecule has 1 aliphatic heterocycles. The number of likely N-dealkylation sites (tertiary alicyclic amines) is 1. The summed E-state index contributed by atoms with van der Waals surface area (Å²) < 4.78 is 1.29. The Kier molecular flexibility index (Phi) is 16.0. The molecule has 0 bridgehead atoms. The molecule has 0 spiro atoms. The van der Waals surface area contributed by atoms with Crippen LogP contribution in [-0.2, 0) is 0 Å². The van der Waals surface area contributed by atoms with Crippen molar-refractivity contribution in [2.45, 2.75) is 90.4 Å². The monoisotopic (exact) mass is 523 g/mol. The fourth-order valence-corrected chi connectivity index (χ4v) is 5.27. The van der Waals surface area contributed by atoms with E-state index in [-0.39, 0.29) is 22.9 Å². The first-order chi connectivity index (χ1) is 15.6. The first kappa shape index (κ1) is 30.1. The molecule has 1 saturated heterocycles. The molecule has 1 fully saturated rings. The maximum Gasteiger partial charge on any atom is 0.268 e. The van der Waals surface area contributed by atoms with Crippen molar-refractivity contribution < 1.29 is 26.3 Å². The lowest BCUT2D eigenvalue weighted by atomic mass is 10.1. The first-order valence-electron chi connectivity index (χ1n) is 13.5. The number of quaternary nitrogens is 1. The predicted molar refractivity (Wildman–Crippen MR) is 137 cm³/mol. The molecule has 1 aliphatic rings. The normalized spacial score (nSPS) is 14.9. The van der Waals surface area contributed by atoms with Crippen LogP contribution in [0.1, 0.15) is 101 Å². The lowest BCUT2D eigenvalue weighted by molar-refractivity contribution is -0.917. The highest BCUT2D eigenvalue weighted by molar-refractivity contribution is 5.93. The van der Waals surface area contributed by atoms with Crippen LogP contribution in [0.25, 0.3) is 0 Å². The summed E-state index contributed by atoms with van der Waals surface area (Å²) in [6, 6.07) is 9.68. The van der Waals surface area contributed by atoms with Gasteiger partial charge in [-0.2, -0.15) is 0 Å². The Morgan fingerprint density at radius 2 is 1.30 bits per heavy atom. The van der Waals surface area contributed by atoms with Crippen molar-refractivity contribution in [1.29, 1.82) is 0 Å². The highest BCUT2D eigenvalue weighted by Gasteiger charge is 2.31. The van der Waals surface area contributed by atoms with Gasteiger partial charge in [-0.15, -0.1) is 0 Å². The van der Waals surface area contributed by atoms with Crippen LogP contribution in [-0.4, -0.2) is 67.2 Å². The molecule has 5 heteroatoms. The third-order valence-electron chi connectivity index (χ3n) is 7.24. The van der Waals surface area contributed by atoms with Crippen molar-refractivity contribution in [1.82, 2.24) is 10.0 Å². The van der Waals surface area contributed by atoms with E-state index in [1.165, 1.54) is 108 Å². The molecular weight excluding hydrogens is 474 g/mol. The van der Waals surface area contributed by atoms with Crippen molar-refractivity contribution in [2.24, 2.45) is 0 Å². The van der Waals surface area contributed by atoms with Gasteiger partial charge in [0.05, 0.1) is 26.2 Å². The quantitative estimate of drug-likeness (QED) is 0.177.